The molecule has 0 saturated heterocycles. The minimum absolute atomic E-state index is 0.0802. The average Bonchev–Trinajstić information content (AvgIpc) is 2.59. The quantitative estimate of drug-likeness (QED) is 0.629. The monoisotopic (exact) mass is 381 g/mol. The number of hydrogen-bond acceptors (Lipinski definition) is 6. The van der Waals surface area contributed by atoms with E-state index in [-0.39, 0.29) is 11.9 Å². The Morgan fingerprint density at radius 2 is 2.07 bits per heavy atom. The SMILES string of the molecule is O=C(O)CNc1nc(Nc2ccc3c(c2)CCC(=O)N3)ncc1C(F)(F)F. The molecule has 0 aliphatic carbocycles. The van der Waals surface area contributed by atoms with Crippen LogP contribution in [0.2, 0.25) is 0 Å². The molecular formula is C16H14F3N5O3. The number of nitrogens with one attached hydrogen (secondary N) is 3. The molecule has 27 heavy (non-hydrogen) atoms. The van der Waals surface area contributed by atoms with Gasteiger partial charge in [0.25, 0.3) is 0 Å². The lowest BCUT2D eigenvalue weighted by molar-refractivity contribution is -0.138. The molecule has 1 aliphatic heterocycles. The first-order valence-electron chi connectivity index (χ1n) is 7.82. The Hall–Kier alpha value is -3.37. The predicted octanol–water partition coefficient (Wildman–Crippen LogP) is 2.62. The van der Waals surface area contributed by atoms with Gasteiger partial charge in [0.1, 0.15) is 17.9 Å². The number of aryl methyl sites for hydroxylation is 1. The van der Waals surface area contributed by atoms with Crippen molar-refractivity contribution in [2.24, 2.45) is 0 Å². The Morgan fingerprint density at radius 3 is 2.78 bits per heavy atom. The highest BCUT2D eigenvalue weighted by Gasteiger charge is 2.35. The molecule has 142 valence electrons. The molecule has 0 spiro atoms. The van der Waals surface area contributed by atoms with Gasteiger partial charge >= 0.3 is 12.1 Å². The Balaban J connectivity index is 1.85. The van der Waals surface area contributed by atoms with E-state index in [0.717, 1.165) is 5.56 Å². The van der Waals surface area contributed by atoms with Crippen molar-refractivity contribution in [1.82, 2.24) is 9.97 Å². The molecule has 0 saturated carbocycles. The van der Waals surface area contributed by atoms with E-state index in [4.69, 9.17) is 5.11 Å². The third-order valence-electron chi connectivity index (χ3n) is 3.76. The summed E-state index contributed by atoms with van der Waals surface area (Å²) in [7, 11) is 0. The highest BCUT2D eigenvalue weighted by molar-refractivity contribution is 5.94. The zero-order valence-electron chi connectivity index (χ0n) is 13.7. The van der Waals surface area contributed by atoms with Gasteiger partial charge in [-0.15, -0.1) is 0 Å². The number of carbonyl (C=O) groups is 2. The summed E-state index contributed by atoms with van der Waals surface area (Å²) < 4.78 is 39.1. The van der Waals surface area contributed by atoms with Gasteiger partial charge in [-0.3, -0.25) is 9.59 Å². The van der Waals surface area contributed by atoms with E-state index in [1.165, 1.54) is 0 Å². The summed E-state index contributed by atoms with van der Waals surface area (Å²) in [5.41, 5.74) is 0.904. The smallest absolute Gasteiger partial charge is 0.421 e. The number of fused-ring (bicyclic) bond motifs is 1. The number of hydrogen-bond donors (Lipinski definition) is 4. The molecule has 1 amide bonds. The second-order valence-electron chi connectivity index (χ2n) is 5.75. The van der Waals surface area contributed by atoms with Gasteiger partial charge in [-0.25, -0.2) is 4.98 Å². The molecule has 0 atom stereocenters. The van der Waals surface area contributed by atoms with Crippen LogP contribution in [0, 0.1) is 0 Å². The maximum atomic E-state index is 13.0. The Bertz CT molecular complexity index is 901. The van der Waals surface area contributed by atoms with Crippen LogP contribution in [0.5, 0.6) is 0 Å². The number of amides is 1. The van der Waals surface area contributed by atoms with Crippen molar-refractivity contribution < 1.29 is 27.9 Å². The zero-order chi connectivity index (χ0) is 19.6. The second-order valence-corrected chi connectivity index (χ2v) is 5.75. The van der Waals surface area contributed by atoms with E-state index in [0.29, 0.717) is 30.4 Å². The predicted molar refractivity (Wildman–Crippen MR) is 89.8 cm³/mol. The van der Waals surface area contributed by atoms with Crippen molar-refractivity contribution in [2.45, 2.75) is 19.0 Å². The van der Waals surface area contributed by atoms with Crippen LogP contribution in [-0.4, -0.2) is 33.5 Å². The Kier molecular flexibility index (Phi) is 4.84. The number of rotatable bonds is 5. The summed E-state index contributed by atoms with van der Waals surface area (Å²) in [5, 5.41) is 16.3. The number of alkyl halides is 3. The van der Waals surface area contributed by atoms with Gasteiger partial charge in [0.15, 0.2) is 0 Å². The van der Waals surface area contributed by atoms with Crippen molar-refractivity contribution in [2.75, 3.05) is 22.5 Å². The van der Waals surface area contributed by atoms with Gasteiger partial charge < -0.3 is 21.1 Å². The normalized spacial score (nSPS) is 13.5. The fraction of sp³-hybridized carbons (Fsp3) is 0.250. The number of carbonyl (C=O) groups excluding carboxylic acids is 1. The number of aromatic nitrogens is 2. The van der Waals surface area contributed by atoms with Gasteiger partial charge in [0, 0.05) is 24.0 Å². The first kappa shape index (κ1) is 18.4. The number of nitrogens with zero attached hydrogens (tertiary/aromatic N) is 2. The number of carboxylic acids is 1. The van der Waals surface area contributed by atoms with Crippen LogP contribution in [0.1, 0.15) is 17.5 Å². The molecule has 11 heteroatoms. The van der Waals surface area contributed by atoms with Crippen LogP contribution in [0.25, 0.3) is 0 Å². The van der Waals surface area contributed by atoms with Crippen molar-refractivity contribution in [3.05, 3.63) is 35.5 Å². The molecule has 1 aliphatic rings. The zero-order valence-corrected chi connectivity index (χ0v) is 13.7. The van der Waals surface area contributed by atoms with Crippen LogP contribution in [-0.2, 0) is 22.2 Å². The molecule has 0 unspecified atom stereocenters. The topological polar surface area (TPSA) is 116 Å². The third-order valence-corrected chi connectivity index (χ3v) is 3.76. The summed E-state index contributed by atoms with van der Waals surface area (Å²) in [6, 6.07) is 5.03. The van der Waals surface area contributed by atoms with Gasteiger partial charge in [-0.2, -0.15) is 18.2 Å². The largest absolute Gasteiger partial charge is 0.480 e. The minimum Gasteiger partial charge on any atom is -0.480 e. The number of anilines is 4. The second kappa shape index (κ2) is 7.09. The maximum absolute atomic E-state index is 13.0. The first-order chi connectivity index (χ1) is 12.7. The van der Waals surface area contributed by atoms with Gasteiger partial charge in [0.05, 0.1) is 0 Å². The van der Waals surface area contributed by atoms with E-state index >= 15 is 0 Å². The number of halogens is 3. The number of carboxylic acid groups (broad SMARTS) is 1. The van der Waals surface area contributed by atoms with Crippen LogP contribution in [0.3, 0.4) is 0 Å². The van der Waals surface area contributed by atoms with Crippen LogP contribution < -0.4 is 16.0 Å². The van der Waals surface area contributed by atoms with Crippen molar-refractivity contribution >= 4 is 35.0 Å². The van der Waals surface area contributed by atoms with Crippen molar-refractivity contribution in [3.63, 3.8) is 0 Å². The Labute approximate surface area is 150 Å². The Morgan fingerprint density at radius 1 is 1.30 bits per heavy atom. The summed E-state index contributed by atoms with van der Waals surface area (Å²) >= 11 is 0. The maximum Gasteiger partial charge on any atom is 0.421 e. The standard InChI is InChI=1S/C16H14F3N5O3/c17-16(18,19)10-6-21-15(24-14(10)20-7-13(26)27)22-9-2-3-11-8(5-9)1-4-12(25)23-11/h2-3,5-6H,1,4,7H2,(H,23,25)(H,26,27)(H2,20,21,22,24). The van der Waals surface area contributed by atoms with E-state index in [2.05, 4.69) is 25.9 Å². The van der Waals surface area contributed by atoms with Crippen LogP contribution in [0.15, 0.2) is 24.4 Å². The molecule has 1 aromatic carbocycles. The highest BCUT2D eigenvalue weighted by atomic mass is 19.4. The molecule has 1 aromatic heterocycles. The minimum atomic E-state index is -4.73. The molecule has 4 N–H and O–H groups in total. The molecule has 8 nitrogen and oxygen atoms in total. The van der Waals surface area contributed by atoms with E-state index in [9.17, 15) is 22.8 Å². The molecule has 0 radical (unpaired) electrons. The van der Waals surface area contributed by atoms with E-state index < -0.39 is 30.1 Å². The fourth-order valence-corrected chi connectivity index (χ4v) is 2.53. The summed E-state index contributed by atoms with van der Waals surface area (Å²) in [6.07, 6.45) is -3.27. The van der Waals surface area contributed by atoms with Crippen molar-refractivity contribution in [3.8, 4) is 0 Å². The average molecular weight is 381 g/mol. The van der Waals surface area contributed by atoms with Gasteiger partial charge in [-0.1, -0.05) is 0 Å². The molecule has 0 fully saturated rings. The van der Waals surface area contributed by atoms with Gasteiger partial charge in [0.2, 0.25) is 11.9 Å². The molecule has 0 bridgehead atoms. The molecule has 3 rings (SSSR count). The van der Waals surface area contributed by atoms with Crippen LogP contribution >= 0.6 is 0 Å². The highest BCUT2D eigenvalue weighted by Crippen LogP contribution is 2.34. The lowest BCUT2D eigenvalue weighted by Gasteiger charge is -2.18. The summed E-state index contributed by atoms with van der Waals surface area (Å²) in [4.78, 5) is 29.4. The van der Waals surface area contributed by atoms with Crippen molar-refractivity contribution in [1.29, 1.82) is 0 Å². The molecular weight excluding hydrogens is 367 g/mol. The first-order valence-corrected chi connectivity index (χ1v) is 7.82. The van der Waals surface area contributed by atoms with E-state index in [1.807, 2.05) is 0 Å². The molecule has 2 heterocycles. The lowest BCUT2D eigenvalue weighted by atomic mass is 10.0. The van der Waals surface area contributed by atoms with E-state index in [1.54, 1.807) is 18.2 Å². The van der Waals surface area contributed by atoms with Crippen LogP contribution in [0.4, 0.5) is 36.3 Å². The molecule has 2 aromatic rings. The van der Waals surface area contributed by atoms with Gasteiger partial charge in [-0.05, 0) is 30.2 Å². The summed E-state index contributed by atoms with van der Waals surface area (Å²) in [5.74, 6) is -2.17. The summed E-state index contributed by atoms with van der Waals surface area (Å²) in [6.45, 7) is -0.724. The number of benzene rings is 1. The fourth-order valence-electron chi connectivity index (χ4n) is 2.53. The lowest BCUT2D eigenvalue weighted by Crippen LogP contribution is -2.19. The third kappa shape index (κ3) is 4.43. The number of aliphatic carboxylic acids is 1.